The Morgan fingerprint density at radius 1 is 1.09 bits per heavy atom. The lowest BCUT2D eigenvalue weighted by Gasteiger charge is -2.10. The van der Waals surface area contributed by atoms with Crippen LogP contribution in [0, 0.1) is 6.92 Å². The number of methoxy groups -OCH3 is 1. The van der Waals surface area contributed by atoms with Gasteiger partial charge in [-0.3, -0.25) is 0 Å². The molecule has 0 saturated carbocycles. The molecule has 114 valence electrons. The topological polar surface area (TPSA) is 18.5 Å². The molecule has 0 N–H and O–H groups in total. The van der Waals surface area contributed by atoms with Crippen LogP contribution in [0.15, 0.2) is 61.4 Å². The number of hydrogen-bond donors (Lipinski definition) is 0. The Morgan fingerprint density at radius 2 is 1.82 bits per heavy atom. The van der Waals surface area contributed by atoms with E-state index in [0.717, 1.165) is 28.9 Å². The Hall–Kier alpha value is -2.48. The van der Waals surface area contributed by atoms with Crippen molar-refractivity contribution in [1.82, 2.24) is 0 Å². The minimum atomic E-state index is 0.710. The average molecular weight is 294 g/mol. The summed E-state index contributed by atoms with van der Waals surface area (Å²) in [5.74, 6) is 1.44. The average Bonchev–Trinajstić information content (AvgIpc) is 2.54. The molecule has 0 amide bonds. The lowest BCUT2D eigenvalue weighted by Crippen LogP contribution is -1.93. The van der Waals surface area contributed by atoms with Crippen molar-refractivity contribution in [2.24, 2.45) is 0 Å². The highest BCUT2D eigenvalue weighted by molar-refractivity contribution is 5.63. The van der Waals surface area contributed by atoms with E-state index in [0.29, 0.717) is 5.75 Å². The summed E-state index contributed by atoms with van der Waals surface area (Å²) in [5, 5.41) is 0. The van der Waals surface area contributed by atoms with Gasteiger partial charge in [-0.1, -0.05) is 42.0 Å². The minimum absolute atomic E-state index is 0.710. The van der Waals surface area contributed by atoms with Gasteiger partial charge in [0.25, 0.3) is 0 Å². The van der Waals surface area contributed by atoms with Gasteiger partial charge in [0.2, 0.25) is 0 Å². The second kappa shape index (κ2) is 7.51. The first-order valence-corrected chi connectivity index (χ1v) is 7.32. The molecule has 0 spiro atoms. The molecule has 0 saturated heterocycles. The van der Waals surface area contributed by atoms with Gasteiger partial charge in [-0.05, 0) is 49.1 Å². The quantitative estimate of drug-likeness (QED) is 0.540. The van der Waals surface area contributed by atoms with Gasteiger partial charge < -0.3 is 9.47 Å². The summed E-state index contributed by atoms with van der Waals surface area (Å²) < 4.78 is 11.2. The zero-order valence-electron chi connectivity index (χ0n) is 13.4. The first kappa shape index (κ1) is 15.9. The Kier molecular flexibility index (Phi) is 5.42. The van der Waals surface area contributed by atoms with Crippen molar-refractivity contribution in [1.29, 1.82) is 0 Å². The van der Waals surface area contributed by atoms with E-state index in [9.17, 15) is 0 Å². The van der Waals surface area contributed by atoms with Crippen LogP contribution >= 0.6 is 0 Å². The number of aryl methyl sites for hydroxylation is 1. The van der Waals surface area contributed by atoms with E-state index >= 15 is 0 Å². The van der Waals surface area contributed by atoms with E-state index in [-0.39, 0.29) is 0 Å². The lowest BCUT2D eigenvalue weighted by molar-refractivity contribution is 0.378. The highest BCUT2D eigenvalue weighted by Crippen LogP contribution is 2.29. The van der Waals surface area contributed by atoms with Gasteiger partial charge in [0.15, 0.2) is 11.5 Å². The van der Waals surface area contributed by atoms with Crippen LogP contribution in [0.1, 0.15) is 23.6 Å². The fourth-order valence-corrected chi connectivity index (χ4v) is 2.14. The van der Waals surface area contributed by atoms with Crippen molar-refractivity contribution in [3.8, 4) is 11.5 Å². The van der Waals surface area contributed by atoms with Crippen molar-refractivity contribution < 1.29 is 9.47 Å². The maximum absolute atomic E-state index is 5.79. The summed E-state index contributed by atoms with van der Waals surface area (Å²) in [5.41, 5.74) is 4.61. The lowest BCUT2D eigenvalue weighted by atomic mass is 10.1. The predicted octanol–water partition coefficient (Wildman–Crippen LogP) is 5.17. The second-order valence-corrected chi connectivity index (χ2v) is 5.26. The summed E-state index contributed by atoms with van der Waals surface area (Å²) in [4.78, 5) is 0. The third kappa shape index (κ3) is 4.01. The maximum Gasteiger partial charge on any atom is 0.168 e. The van der Waals surface area contributed by atoms with Crippen LogP contribution in [0.3, 0.4) is 0 Å². The highest BCUT2D eigenvalue weighted by atomic mass is 16.5. The van der Waals surface area contributed by atoms with Crippen molar-refractivity contribution in [3.63, 3.8) is 0 Å². The Labute approximate surface area is 132 Å². The van der Waals surface area contributed by atoms with Crippen LogP contribution < -0.4 is 9.47 Å². The molecule has 0 heterocycles. The minimum Gasteiger partial charge on any atom is -0.493 e. The zero-order chi connectivity index (χ0) is 15.9. The number of ether oxygens (including phenoxy) is 2. The zero-order valence-corrected chi connectivity index (χ0v) is 13.4. The fourth-order valence-electron chi connectivity index (χ4n) is 2.14. The van der Waals surface area contributed by atoms with Crippen molar-refractivity contribution in [2.75, 3.05) is 7.11 Å². The molecule has 2 aromatic carbocycles. The molecule has 0 fully saturated rings. The molecule has 0 aliphatic carbocycles. The standard InChI is InChI=1S/C20H22O2/c1-5-6-17-9-12-19(20(13-17)21-4)22-14-16(3)18-10-7-15(2)8-11-18/h5,7-14H,1,6H2,2-4H3/b16-14+. The maximum atomic E-state index is 5.79. The van der Waals surface area contributed by atoms with E-state index in [1.807, 2.05) is 31.2 Å². The van der Waals surface area contributed by atoms with Gasteiger partial charge in [0, 0.05) is 0 Å². The molecule has 0 radical (unpaired) electrons. The van der Waals surface area contributed by atoms with Crippen molar-refractivity contribution in [3.05, 3.63) is 78.1 Å². The van der Waals surface area contributed by atoms with Crippen LogP contribution in [-0.2, 0) is 6.42 Å². The molecule has 0 unspecified atom stereocenters. The van der Waals surface area contributed by atoms with Gasteiger partial charge in [-0.2, -0.15) is 0 Å². The Bertz CT molecular complexity index is 667. The summed E-state index contributed by atoms with van der Waals surface area (Å²) in [6.07, 6.45) is 4.45. The molecule has 22 heavy (non-hydrogen) atoms. The van der Waals surface area contributed by atoms with Crippen LogP contribution in [-0.4, -0.2) is 7.11 Å². The summed E-state index contributed by atoms with van der Waals surface area (Å²) in [6.45, 7) is 7.86. The van der Waals surface area contributed by atoms with Gasteiger partial charge in [0.05, 0.1) is 13.4 Å². The van der Waals surface area contributed by atoms with E-state index < -0.39 is 0 Å². The SMILES string of the molecule is C=CCc1ccc(O/C=C(\C)c2ccc(C)cc2)c(OC)c1. The van der Waals surface area contributed by atoms with Crippen LogP contribution in [0.2, 0.25) is 0 Å². The smallest absolute Gasteiger partial charge is 0.168 e. The van der Waals surface area contributed by atoms with Gasteiger partial charge in [0.1, 0.15) is 0 Å². The van der Waals surface area contributed by atoms with Crippen LogP contribution in [0.25, 0.3) is 5.57 Å². The Balaban J connectivity index is 2.17. The Morgan fingerprint density at radius 3 is 2.45 bits per heavy atom. The number of rotatable bonds is 6. The molecule has 2 nitrogen and oxygen atoms in total. The molecule has 2 heteroatoms. The number of hydrogen-bond acceptors (Lipinski definition) is 2. The van der Waals surface area contributed by atoms with E-state index in [1.165, 1.54) is 5.56 Å². The summed E-state index contributed by atoms with van der Waals surface area (Å²) in [7, 11) is 1.65. The number of benzene rings is 2. The molecule has 0 aliphatic heterocycles. The van der Waals surface area contributed by atoms with Gasteiger partial charge >= 0.3 is 0 Å². The second-order valence-electron chi connectivity index (χ2n) is 5.26. The third-order valence-electron chi connectivity index (χ3n) is 3.48. The molecule has 0 bridgehead atoms. The van der Waals surface area contributed by atoms with Crippen LogP contribution in [0.5, 0.6) is 11.5 Å². The fraction of sp³-hybridized carbons (Fsp3) is 0.200. The summed E-state index contributed by atoms with van der Waals surface area (Å²) >= 11 is 0. The number of allylic oxidation sites excluding steroid dienone is 2. The normalized spacial score (nSPS) is 11.1. The largest absolute Gasteiger partial charge is 0.493 e. The van der Waals surface area contributed by atoms with Crippen molar-refractivity contribution in [2.45, 2.75) is 20.3 Å². The van der Waals surface area contributed by atoms with E-state index in [4.69, 9.17) is 9.47 Å². The first-order valence-electron chi connectivity index (χ1n) is 7.32. The molecule has 0 atom stereocenters. The van der Waals surface area contributed by atoms with E-state index in [1.54, 1.807) is 13.4 Å². The molecule has 2 rings (SSSR count). The van der Waals surface area contributed by atoms with Crippen LogP contribution in [0.4, 0.5) is 0 Å². The molecule has 0 aromatic heterocycles. The van der Waals surface area contributed by atoms with E-state index in [2.05, 4.69) is 37.8 Å². The highest BCUT2D eigenvalue weighted by Gasteiger charge is 2.05. The molecular formula is C20H22O2. The predicted molar refractivity (Wildman–Crippen MR) is 92.4 cm³/mol. The molecule has 0 aliphatic rings. The first-order chi connectivity index (χ1) is 10.6. The molecular weight excluding hydrogens is 272 g/mol. The van der Waals surface area contributed by atoms with Crippen molar-refractivity contribution >= 4 is 5.57 Å². The summed E-state index contributed by atoms with van der Waals surface area (Å²) in [6, 6.07) is 14.3. The third-order valence-corrected chi connectivity index (χ3v) is 3.48. The van der Waals surface area contributed by atoms with Gasteiger partial charge in [-0.15, -0.1) is 6.58 Å². The molecule has 2 aromatic rings. The monoisotopic (exact) mass is 294 g/mol. The van der Waals surface area contributed by atoms with Gasteiger partial charge in [-0.25, -0.2) is 0 Å².